The summed E-state index contributed by atoms with van der Waals surface area (Å²) in [7, 11) is 0. The highest BCUT2D eigenvalue weighted by molar-refractivity contribution is 5.11. The van der Waals surface area contributed by atoms with Crippen LogP contribution >= 0.6 is 0 Å². The number of aliphatic hydroxyl groups is 1. The zero-order valence-electron chi connectivity index (χ0n) is 13.7. The van der Waals surface area contributed by atoms with Crippen LogP contribution in [-0.2, 0) is 4.74 Å². The third-order valence-corrected chi connectivity index (χ3v) is 7.50. The Morgan fingerprint density at radius 2 is 1.85 bits per heavy atom. The fraction of sp³-hybridized carbons (Fsp3) is 1.00. The Hall–Kier alpha value is -0.0800. The first-order valence-corrected chi connectivity index (χ1v) is 8.72. The Kier molecular flexibility index (Phi) is 3.70. The maximum absolute atomic E-state index is 10.3. The Balaban J connectivity index is 1.69. The van der Waals surface area contributed by atoms with Gasteiger partial charge in [0.2, 0.25) is 0 Å². The molecule has 0 spiro atoms. The molecule has 6 atom stereocenters. The molecule has 0 amide bonds. The van der Waals surface area contributed by atoms with Gasteiger partial charge in [0.15, 0.2) is 0 Å². The molecule has 0 aliphatic heterocycles. The SMILES string of the molecule is CCC1CCC(O)C(OC2CC3CCC2(C)C3(C)C)C1. The molecule has 3 aliphatic carbocycles. The standard InChI is InChI=1S/C18H32O2/c1-5-12-6-7-14(19)15(10-12)20-16-11-13-8-9-18(16,4)17(13,2)3/h12-16,19H,5-11H2,1-4H3. The van der Waals surface area contributed by atoms with E-state index in [9.17, 15) is 5.11 Å². The monoisotopic (exact) mass is 280 g/mol. The topological polar surface area (TPSA) is 29.5 Å². The summed E-state index contributed by atoms with van der Waals surface area (Å²) < 4.78 is 6.52. The van der Waals surface area contributed by atoms with Crippen molar-refractivity contribution in [2.75, 3.05) is 0 Å². The van der Waals surface area contributed by atoms with Crippen molar-refractivity contribution < 1.29 is 9.84 Å². The van der Waals surface area contributed by atoms with Crippen molar-refractivity contribution in [3.8, 4) is 0 Å². The average molecular weight is 280 g/mol. The van der Waals surface area contributed by atoms with E-state index in [4.69, 9.17) is 4.74 Å². The van der Waals surface area contributed by atoms with Crippen LogP contribution in [0, 0.1) is 22.7 Å². The lowest BCUT2D eigenvalue weighted by Crippen LogP contribution is -2.44. The summed E-state index contributed by atoms with van der Waals surface area (Å²) >= 11 is 0. The first-order valence-electron chi connectivity index (χ1n) is 8.72. The highest BCUT2D eigenvalue weighted by Crippen LogP contribution is 2.66. The highest BCUT2D eigenvalue weighted by Gasteiger charge is 2.62. The van der Waals surface area contributed by atoms with Crippen LogP contribution in [0.3, 0.4) is 0 Å². The molecule has 3 saturated carbocycles. The zero-order valence-corrected chi connectivity index (χ0v) is 13.7. The van der Waals surface area contributed by atoms with Gasteiger partial charge in [0, 0.05) is 0 Å². The van der Waals surface area contributed by atoms with Crippen LogP contribution in [0.1, 0.15) is 72.6 Å². The van der Waals surface area contributed by atoms with Gasteiger partial charge in [-0.1, -0.05) is 34.1 Å². The molecule has 3 fully saturated rings. The van der Waals surface area contributed by atoms with Crippen molar-refractivity contribution in [1.29, 1.82) is 0 Å². The van der Waals surface area contributed by atoms with Crippen molar-refractivity contribution >= 4 is 0 Å². The fourth-order valence-electron chi connectivity index (χ4n) is 5.26. The smallest absolute Gasteiger partial charge is 0.0840 e. The van der Waals surface area contributed by atoms with E-state index in [2.05, 4.69) is 27.7 Å². The Morgan fingerprint density at radius 1 is 1.10 bits per heavy atom. The molecule has 2 nitrogen and oxygen atoms in total. The minimum atomic E-state index is -0.233. The lowest BCUT2D eigenvalue weighted by Gasteiger charge is -2.42. The third kappa shape index (κ3) is 2.06. The van der Waals surface area contributed by atoms with E-state index in [1.807, 2.05) is 0 Å². The zero-order chi connectivity index (χ0) is 14.5. The summed E-state index contributed by atoms with van der Waals surface area (Å²) in [6.07, 6.45) is 8.50. The largest absolute Gasteiger partial charge is 0.390 e. The number of ether oxygens (including phenoxy) is 1. The van der Waals surface area contributed by atoms with Gasteiger partial charge in [-0.2, -0.15) is 0 Å². The Morgan fingerprint density at radius 3 is 2.40 bits per heavy atom. The molecule has 2 heteroatoms. The number of hydrogen-bond donors (Lipinski definition) is 1. The van der Waals surface area contributed by atoms with Gasteiger partial charge in [-0.3, -0.25) is 0 Å². The number of fused-ring (bicyclic) bond motifs is 2. The predicted octanol–water partition coefficient (Wildman–Crippen LogP) is 4.16. The quantitative estimate of drug-likeness (QED) is 0.841. The molecule has 116 valence electrons. The van der Waals surface area contributed by atoms with Crippen molar-refractivity contribution in [3.63, 3.8) is 0 Å². The molecular weight excluding hydrogens is 248 g/mol. The van der Waals surface area contributed by atoms with Crippen LogP contribution < -0.4 is 0 Å². The van der Waals surface area contributed by atoms with E-state index in [1.54, 1.807) is 0 Å². The summed E-state index contributed by atoms with van der Waals surface area (Å²) in [5.41, 5.74) is 0.720. The molecule has 0 saturated heterocycles. The van der Waals surface area contributed by atoms with E-state index < -0.39 is 0 Å². The van der Waals surface area contributed by atoms with Gasteiger partial charge < -0.3 is 9.84 Å². The van der Waals surface area contributed by atoms with E-state index >= 15 is 0 Å². The fourth-order valence-corrected chi connectivity index (χ4v) is 5.26. The second kappa shape index (κ2) is 4.98. The molecule has 0 aromatic rings. The van der Waals surface area contributed by atoms with E-state index in [-0.39, 0.29) is 12.2 Å². The van der Waals surface area contributed by atoms with Gasteiger partial charge in [-0.15, -0.1) is 0 Å². The number of hydrogen-bond acceptors (Lipinski definition) is 2. The normalized spacial score (nSPS) is 50.5. The maximum atomic E-state index is 10.3. The molecule has 0 aromatic carbocycles. The maximum Gasteiger partial charge on any atom is 0.0840 e. The molecule has 6 unspecified atom stereocenters. The summed E-state index contributed by atoms with van der Waals surface area (Å²) in [6, 6.07) is 0. The van der Waals surface area contributed by atoms with Gasteiger partial charge in [-0.25, -0.2) is 0 Å². The van der Waals surface area contributed by atoms with Crippen molar-refractivity contribution in [2.45, 2.75) is 91.0 Å². The molecular formula is C18H32O2. The lowest BCUT2D eigenvalue weighted by molar-refractivity contribution is -0.142. The minimum Gasteiger partial charge on any atom is -0.390 e. The summed E-state index contributed by atoms with van der Waals surface area (Å²) in [6.45, 7) is 9.55. The average Bonchev–Trinajstić information content (AvgIpc) is 2.74. The van der Waals surface area contributed by atoms with Gasteiger partial charge in [0.05, 0.1) is 18.3 Å². The van der Waals surface area contributed by atoms with Crippen LogP contribution in [0.5, 0.6) is 0 Å². The number of rotatable bonds is 3. The minimum absolute atomic E-state index is 0.0886. The molecule has 0 radical (unpaired) electrons. The van der Waals surface area contributed by atoms with Crippen molar-refractivity contribution in [3.05, 3.63) is 0 Å². The Bertz CT molecular complexity index is 364. The van der Waals surface area contributed by atoms with E-state index in [0.29, 0.717) is 16.9 Å². The molecule has 2 bridgehead atoms. The molecule has 3 rings (SSSR count). The van der Waals surface area contributed by atoms with Crippen LogP contribution in [0.4, 0.5) is 0 Å². The second-order valence-electron chi connectivity index (χ2n) is 8.43. The van der Waals surface area contributed by atoms with Gasteiger partial charge in [-0.05, 0) is 61.2 Å². The molecule has 0 aromatic heterocycles. The van der Waals surface area contributed by atoms with Gasteiger partial charge in [0.1, 0.15) is 0 Å². The van der Waals surface area contributed by atoms with E-state index in [1.165, 1.54) is 32.1 Å². The number of aliphatic hydroxyl groups excluding tert-OH is 1. The molecule has 1 N–H and O–H groups in total. The van der Waals surface area contributed by atoms with Gasteiger partial charge in [0.25, 0.3) is 0 Å². The van der Waals surface area contributed by atoms with E-state index in [0.717, 1.165) is 24.7 Å². The summed E-state index contributed by atoms with van der Waals surface area (Å²) in [4.78, 5) is 0. The molecule has 3 aliphatic rings. The van der Waals surface area contributed by atoms with Crippen LogP contribution in [0.15, 0.2) is 0 Å². The van der Waals surface area contributed by atoms with Crippen molar-refractivity contribution in [1.82, 2.24) is 0 Å². The summed E-state index contributed by atoms with van der Waals surface area (Å²) in [5, 5.41) is 10.3. The Labute approximate surface area is 124 Å². The predicted molar refractivity (Wildman–Crippen MR) is 81.5 cm³/mol. The first-order chi connectivity index (χ1) is 9.38. The second-order valence-corrected chi connectivity index (χ2v) is 8.43. The third-order valence-electron chi connectivity index (χ3n) is 7.50. The molecule has 0 heterocycles. The van der Waals surface area contributed by atoms with Crippen molar-refractivity contribution in [2.24, 2.45) is 22.7 Å². The van der Waals surface area contributed by atoms with Crippen LogP contribution in [0.2, 0.25) is 0 Å². The first kappa shape index (κ1) is 14.8. The van der Waals surface area contributed by atoms with Gasteiger partial charge >= 0.3 is 0 Å². The van der Waals surface area contributed by atoms with Crippen LogP contribution in [0.25, 0.3) is 0 Å². The van der Waals surface area contributed by atoms with Crippen LogP contribution in [-0.4, -0.2) is 23.4 Å². The summed E-state index contributed by atoms with van der Waals surface area (Å²) in [5.74, 6) is 1.57. The molecule has 20 heavy (non-hydrogen) atoms. The lowest BCUT2D eigenvalue weighted by atomic mass is 9.70. The highest BCUT2D eigenvalue weighted by atomic mass is 16.5.